The first-order valence-corrected chi connectivity index (χ1v) is 6.69. The van der Waals surface area contributed by atoms with E-state index in [-0.39, 0.29) is 7.43 Å². The molecule has 0 radical (unpaired) electrons. The maximum absolute atomic E-state index is 4.74. The summed E-state index contributed by atoms with van der Waals surface area (Å²) in [6.45, 7) is 0. The molecule has 0 rings (SSSR count). The maximum Gasteiger partial charge on any atom is 0.483 e. The van der Waals surface area contributed by atoms with Crippen molar-refractivity contribution >= 4 is 19.1 Å². The van der Waals surface area contributed by atoms with Gasteiger partial charge in [0.05, 0.1) is 0 Å². The van der Waals surface area contributed by atoms with E-state index >= 15 is 0 Å². The summed E-state index contributed by atoms with van der Waals surface area (Å²) in [5, 5.41) is 0. The van der Waals surface area contributed by atoms with Gasteiger partial charge in [-0.2, -0.15) is 0 Å². The van der Waals surface area contributed by atoms with Crippen LogP contribution in [0.5, 0.6) is 0 Å². The first-order chi connectivity index (χ1) is 6.69. The molecular formula is C7H24O6Si2. The van der Waals surface area contributed by atoms with Crippen LogP contribution in [0.25, 0.3) is 0 Å². The zero-order valence-corrected chi connectivity index (χ0v) is 11.9. The van der Waals surface area contributed by atoms with Gasteiger partial charge in [-0.3, -0.25) is 0 Å². The average molecular weight is 260 g/mol. The second-order valence-electron chi connectivity index (χ2n) is 1.99. The standard InChI is InChI=1S/2C3H10O3Si.CH4/c2*1-4-7(5-2)6-3;/h2*7H,1-3H3;1H4. The molecule has 0 aromatic rings. The van der Waals surface area contributed by atoms with Gasteiger partial charge >= 0.3 is 19.1 Å². The molecule has 0 aliphatic carbocycles. The highest BCUT2D eigenvalue weighted by Gasteiger charge is 2.05. The number of hydrogen-bond donors (Lipinski definition) is 0. The normalized spacial score (nSPS) is 9.60. The van der Waals surface area contributed by atoms with Crippen molar-refractivity contribution < 1.29 is 26.6 Å². The van der Waals surface area contributed by atoms with Crippen molar-refractivity contribution in [2.75, 3.05) is 42.7 Å². The monoisotopic (exact) mass is 260 g/mol. The molecule has 0 heterocycles. The van der Waals surface area contributed by atoms with Crippen molar-refractivity contribution in [3.63, 3.8) is 0 Å². The molecule has 15 heavy (non-hydrogen) atoms. The molecule has 0 aliphatic rings. The summed E-state index contributed by atoms with van der Waals surface area (Å²) in [4.78, 5) is 0. The van der Waals surface area contributed by atoms with E-state index in [1.165, 1.54) is 0 Å². The van der Waals surface area contributed by atoms with Gasteiger partial charge in [-0.1, -0.05) is 7.43 Å². The van der Waals surface area contributed by atoms with Crippen molar-refractivity contribution in [3.05, 3.63) is 0 Å². The summed E-state index contributed by atoms with van der Waals surface area (Å²) >= 11 is 0. The van der Waals surface area contributed by atoms with Crippen LogP contribution in [-0.2, 0) is 26.6 Å². The fraction of sp³-hybridized carbons (Fsp3) is 1.00. The predicted octanol–water partition coefficient (Wildman–Crippen LogP) is -0.0783. The van der Waals surface area contributed by atoms with Crippen molar-refractivity contribution in [2.45, 2.75) is 7.43 Å². The lowest BCUT2D eigenvalue weighted by Gasteiger charge is -2.05. The van der Waals surface area contributed by atoms with Crippen LogP contribution in [0.4, 0.5) is 0 Å². The minimum atomic E-state index is -1.67. The number of rotatable bonds is 6. The quantitative estimate of drug-likeness (QED) is 0.623. The van der Waals surface area contributed by atoms with Gasteiger partial charge in [0.15, 0.2) is 0 Å². The Hall–Kier alpha value is 0.194. The van der Waals surface area contributed by atoms with Gasteiger partial charge < -0.3 is 26.6 Å². The highest BCUT2D eigenvalue weighted by molar-refractivity contribution is 6.36. The van der Waals surface area contributed by atoms with E-state index < -0.39 is 19.1 Å². The molecule has 0 atom stereocenters. The van der Waals surface area contributed by atoms with Crippen molar-refractivity contribution in [2.24, 2.45) is 0 Å². The molecular weight excluding hydrogens is 236 g/mol. The Bertz CT molecular complexity index is 76.5. The maximum atomic E-state index is 4.74. The van der Waals surface area contributed by atoms with Gasteiger partial charge in [-0.15, -0.1) is 0 Å². The molecule has 0 spiro atoms. The summed E-state index contributed by atoms with van der Waals surface area (Å²) in [5.74, 6) is 0. The third-order valence-corrected chi connectivity index (χ3v) is 3.46. The van der Waals surface area contributed by atoms with Crippen molar-refractivity contribution in [3.8, 4) is 0 Å². The van der Waals surface area contributed by atoms with E-state index in [1.807, 2.05) is 0 Å². The lowest BCUT2D eigenvalue weighted by Crippen LogP contribution is -2.21. The Labute approximate surface area is 96.3 Å². The van der Waals surface area contributed by atoms with E-state index in [1.54, 1.807) is 42.7 Å². The van der Waals surface area contributed by atoms with Gasteiger partial charge in [0, 0.05) is 42.7 Å². The zero-order valence-electron chi connectivity index (χ0n) is 9.60. The lowest BCUT2D eigenvalue weighted by atomic mass is 11.8. The second-order valence-corrected chi connectivity index (χ2v) is 5.97. The Morgan fingerprint density at radius 2 is 0.600 bits per heavy atom. The van der Waals surface area contributed by atoms with E-state index in [9.17, 15) is 0 Å². The summed E-state index contributed by atoms with van der Waals surface area (Å²) in [6, 6.07) is 0. The largest absolute Gasteiger partial charge is 0.483 e. The molecule has 0 aromatic heterocycles. The molecule has 0 aliphatic heterocycles. The average Bonchev–Trinajstić information content (AvgIpc) is 2.24. The van der Waals surface area contributed by atoms with E-state index in [4.69, 9.17) is 26.6 Å². The summed E-state index contributed by atoms with van der Waals surface area (Å²) in [5.41, 5.74) is 0. The van der Waals surface area contributed by atoms with E-state index in [2.05, 4.69) is 0 Å². The molecule has 0 saturated carbocycles. The minimum Gasteiger partial charge on any atom is -0.379 e. The Kier molecular flexibility index (Phi) is 22.8. The first-order valence-electron chi connectivity index (χ1n) is 3.86. The molecule has 8 heteroatoms. The van der Waals surface area contributed by atoms with Crippen LogP contribution in [0.15, 0.2) is 0 Å². The summed E-state index contributed by atoms with van der Waals surface area (Å²) in [6.07, 6.45) is 0. The van der Waals surface area contributed by atoms with Crippen LogP contribution in [0.2, 0.25) is 0 Å². The third kappa shape index (κ3) is 14.2. The summed E-state index contributed by atoms with van der Waals surface area (Å²) < 4.78 is 28.5. The summed E-state index contributed by atoms with van der Waals surface area (Å²) in [7, 11) is 6.10. The second kappa shape index (κ2) is 16.6. The SMILES string of the molecule is C.CO[SiH](OC)OC.CO[SiH](OC)OC. The molecule has 0 amide bonds. The smallest absolute Gasteiger partial charge is 0.379 e. The van der Waals surface area contributed by atoms with Crippen LogP contribution >= 0.6 is 0 Å². The van der Waals surface area contributed by atoms with Crippen molar-refractivity contribution in [1.29, 1.82) is 0 Å². The first kappa shape index (κ1) is 20.6. The highest BCUT2D eigenvalue weighted by Crippen LogP contribution is 1.81. The topological polar surface area (TPSA) is 55.4 Å². The molecule has 0 unspecified atom stereocenters. The number of hydrogen-bond acceptors (Lipinski definition) is 6. The molecule has 0 N–H and O–H groups in total. The molecule has 6 nitrogen and oxygen atoms in total. The predicted molar refractivity (Wildman–Crippen MR) is 63.1 cm³/mol. The van der Waals surface area contributed by atoms with E-state index in [0.717, 1.165) is 0 Å². The van der Waals surface area contributed by atoms with Crippen LogP contribution in [0.3, 0.4) is 0 Å². The zero-order chi connectivity index (χ0) is 11.4. The molecule has 0 bridgehead atoms. The van der Waals surface area contributed by atoms with Gasteiger partial charge in [0.25, 0.3) is 0 Å². The highest BCUT2D eigenvalue weighted by atomic mass is 28.3. The van der Waals surface area contributed by atoms with Gasteiger partial charge in [0.1, 0.15) is 0 Å². The Morgan fingerprint density at radius 3 is 0.600 bits per heavy atom. The minimum absolute atomic E-state index is 0. The lowest BCUT2D eigenvalue weighted by molar-refractivity contribution is 0.163. The Balaban J connectivity index is -0.000000180. The van der Waals surface area contributed by atoms with Gasteiger partial charge in [-0.05, 0) is 0 Å². The fourth-order valence-corrected chi connectivity index (χ4v) is 1.73. The fourth-order valence-electron chi connectivity index (χ4n) is 0.577. The van der Waals surface area contributed by atoms with Crippen molar-refractivity contribution in [1.82, 2.24) is 0 Å². The molecule has 96 valence electrons. The van der Waals surface area contributed by atoms with Crippen LogP contribution in [-0.4, -0.2) is 61.7 Å². The third-order valence-electron chi connectivity index (χ3n) is 1.15. The van der Waals surface area contributed by atoms with E-state index in [0.29, 0.717) is 0 Å². The molecule has 0 aromatic carbocycles. The molecule has 0 saturated heterocycles. The van der Waals surface area contributed by atoms with Crippen LogP contribution < -0.4 is 0 Å². The van der Waals surface area contributed by atoms with Gasteiger partial charge in [0.2, 0.25) is 0 Å². The van der Waals surface area contributed by atoms with Gasteiger partial charge in [-0.25, -0.2) is 0 Å². The molecule has 0 fully saturated rings. The Morgan fingerprint density at radius 1 is 0.467 bits per heavy atom. The van der Waals surface area contributed by atoms with Crippen LogP contribution in [0.1, 0.15) is 7.43 Å². The van der Waals surface area contributed by atoms with Crippen LogP contribution in [0, 0.1) is 0 Å².